The van der Waals surface area contributed by atoms with Crippen molar-refractivity contribution in [1.82, 2.24) is 9.80 Å². The van der Waals surface area contributed by atoms with Crippen LogP contribution in [-0.2, 0) is 9.47 Å². The summed E-state index contributed by atoms with van der Waals surface area (Å²) in [5.74, 6) is -1.86. The number of carbonyl (C=O) groups excluding carboxylic acids is 1. The van der Waals surface area contributed by atoms with Crippen molar-refractivity contribution < 1.29 is 27.8 Å². The highest BCUT2D eigenvalue weighted by molar-refractivity contribution is 5.70. The van der Waals surface area contributed by atoms with Crippen molar-refractivity contribution in [3.63, 3.8) is 0 Å². The summed E-state index contributed by atoms with van der Waals surface area (Å²) in [6.07, 6.45) is 5.17. The van der Waals surface area contributed by atoms with Crippen LogP contribution in [-0.4, -0.2) is 74.5 Å². The van der Waals surface area contributed by atoms with E-state index in [1.165, 1.54) is 4.90 Å². The van der Waals surface area contributed by atoms with Gasteiger partial charge < -0.3 is 19.1 Å². The van der Waals surface area contributed by atoms with Gasteiger partial charge in [0.1, 0.15) is 5.82 Å². The Hall–Kier alpha value is -1.77. The molecule has 8 heteroatoms. The maximum atomic E-state index is 13.7. The van der Waals surface area contributed by atoms with Gasteiger partial charge in [0.2, 0.25) is 0 Å². The molecule has 2 fully saturated rings. The Morgan fingerprint density at radius 2 is 1.90 bits per heavy atom. The van der Waals surface area contributed by atoms with Crippen molar-refractivity contribution in [2.45, 2.75) is 50.7 Å². The van der Waals surface area contributed by atoms with E-state index in [-0.39, 0.29) is 17.9 Å². The molecule has 2 aliphatic rings. The number of ether oxygens (including phenoxy) is 3. The molecule has 0 unspecified atom stereocenters. The number of rotatable bonds is 8. The van der Waals surface area contributed by atoms with Gasteiger partial charge in [-0.15, -0.1) is 0 Å². The Balaban J connectivity index is 1.30. The fraction of sp³-hybridized carbons (Fsp3) is 0.682. The molecule has 3 rings (SSSR count). The fourth-order valence-electron chi connectivity index (χ4n) is 3.98. The van der Waals surface area contributed by atoms with Crippen LogP contribution >= 0.6 is 0 Å². The van der Waals surface area contributed by atoms with Crippen LogP contribution in [0.2, 0.25) is 0 Å². The van der Waals surface area contributed by atoms with Gasteiger partial charge in [-0.3, -0.25) is 4.90 Å². The molecule has 6 nitrogen and oxygen atoms in total. The minimum Gasteiger partial charge on any atom is -0.407 e. The average Bonchev–Trinajstić information content (AvgIpc) is 2.76. The maximum Gasteiger partial charge on any atom is 0.415 e. The van der Waals surface area contributed by atoms with Crippen molar-refractivity contribution in [2.75, 3.05) is 46.5 Å². The third kappa shape index (κ3) is 6.89. The number of unbranched alkanes of at least 4 members (excludes halogenated alkanes) is 1. The maximum absolute atomic E-state index is 13.7. The molecule has 1 saturated carbocycles. The van der Waals surface area contributed by atoms with Gasteiger partial charge in [0.25, 0.3) is 0 Å². The van der Waals surface area contributed by atoms with Crippen LogP contribution in [0.15, 0.2) is 18.2 Å². The summed E-state index contributed by atoms with van der Waals surface area (Å²) >= 11 is 0. The smallest absolute Gasteiger partial charge is 0.407 e. The highest BCUT2D eigenvalue weighted by Crippen LogP contribution is 2.26. The first-order valence-corrected chi connectivity index (χ1v) is 10.8. The summed E-state index contributed by atoms with van der Waals surface area (Å²) in [5.41, 5.74) is 0. The van der Waals surface area contributed by atoms with Gasteiger partial charge in [0, 0.05) is 38.9 Å². The van der Waals surface area contributed by atoms with E-state index in [9.17, 15) is 13.6 Å². The predicted octanol–water partition coefficient (Wildman–Crippen LogP) is 3.84. The van der Waals surface area contributed by atoms with Gasteiger partial charge in [0.05, 0.1) is 19.3 Å². The monoisotopic (exact) mass is 426 g/mol. The SMILES string of the molecule is CN(C(=O)Oc1ccc(F)cc1F)C1CCC(OCCCCN2CCOCC2)CC1. The summed E-state index contributed by atoms with van der Waals surface area (Å²) in [5, 5.41) is 0. The summed E-state index contributed by atoms with van der Waals surface area (Å²) in [6, 6.07) is 2.92. The highest BCUT2D eigenvalue weighted by Gasteiger charge is 2.28. The molecule has 1 aromatic carbocycles. The molecule has 0 atom stereocenters. The molecule has 0 spiro atoms. The Labute approximate surface area is 177 Å². The van der Waals surface area contributed by atoms with E-state index in [0.29, 0.717) is 6.07 Å². The normalized spacial score (nSPS) is 22.6. The second-order valence-electron chi connectivity index (χ2n) is 8.02. The fourth-order valence-corrected chi connectivity index (χ4v) is 3.98. The molecular weight excluding hydrogens is 394 g/mol. The molecule has 0 aromatic heterocycles. The standard InChI is InChI=1S/C22H32F2N2O4/c1-25(22(27)30-21-9-4-17(23)16-20(21)24)18-5-7-19(8-6-18)29-13-3-2-10-26-11-14-28-15-12-26/h4,9,16,18-19H,2-3,5-8,10-15H2,1H3. The number of benzene rings is 1. The number of hydrogen-bond acceptors (Lipinski definition) is 5. The van der Waals surface area contributed by atoms with Crippen LogP contribution in [0.25, 0.3) is 0 Å². The highest BCUT2D eigenvalue weighted by atomic mass is 19.1. The molecule has 1 amide bonds. The van der Waals surface area contributed by atoms with Crippen molar-refractivity contribution in [3.05, 3.63) is 29.8 Å². The van der Waals surface area contributed by atoms with E-state index in [2.05, 4.69) is 4.90 Å². The molecule has 0 radical (unpaired) electrons. The molecule has 0 bridgehead atoms. The molecule has 1 aliphatic heterocycles. The van der Waals surface area contributed by atoms with E-state index in [4.69, 9.17) is 14.2 Å². The van der Waals surface area contributed by atoms with Crippen LogP contribution in [0, 0.1) is 11.6 Å². The van der Waals surface area contributed by atoms with Crippen molar-refractivity contribution in [3.8, 4) is 5.75 Å². The zero-order valence-electron chi connectivity index (χ0n) is 17.7. The van der Waals surface area contributed by atoms with E-state index in [1.807, 2.05) is 0 Å². The molecule has 1 aliphatic carbocycles. The van der Waals surface area contributed by atoms with Crippen LogP contribution in [0.4, 0.5) is 13.6 Å². The first-order chi connectivity index (χ1) is 14.5. The van der Waals surface area contributed by atoms with E-state index in [1.54, 1.807) is 7.05 Å². The zero-order chi connectivity index (χ0) is 21.3. The van der Waals surface area contributed by atoms with Crippen LogP contribution in [0.5, 0.6) is 5.75 Å². The van der Waals surface area contributed by atoms with Gasteiger partial charge >= 0.3 is 6.09 Å². The number of amides is 1. The van der Waals surface area contributed by atoms with E-state index < -0.39 is 17.7 Å². The zero-order valence-corrected chi connectivity index (χ0v) is 17.7. The van der Waals surface area contributed by atoms with Crippen LogP contribution in [0.3, 0.4) is 0 Å². The molecule has 0 N–H and O–H groups in total. The summed E-state index contributed by atoms with van der Waals surface area (Å²) in [6.45, 7) is 5.58. The van der Waals surface area contributed by atoms with Gasteiger partial charge in [-0.1, -0.05) is 0 Å². The Kier molecular flexibility index (Phi) is 8.84. The molecule has 1 aromatic rings. The quantitative estimate of drug-likeness (QED) is 0.592. The second kappa shape index (κ2) is 11.6. The minimum absolute atomic E-state index is 0.0298. The Morgan fingerprint density at radius 1 is 1.17 bits per heavy atom. The Morgan fingerprint density at radius 3 is 2.60 bits per heavy atom. The molecule has 30 heavy (non-hydrogen) atoms. The molecule has 1 saturated heterocycles. The van der Waals surface area contributed by atoms with Crippen molar-refractivity contribution in [1.29, 1.82) is 0 Å². The van der Waals surface area contributed by atoms with Gasteiger partial charge in [-0.2, -0.15) is 0 Å². The lowest BCUT2D eigenvalue weighted by Gasteiger charge is -2.34. The topological polar surface area (TPSA) is 51.2 Å². The number of hydrogen-bond donors (Lipinski definition) is 0. The lowest BCUT2D eigenvalue weighted by Crippen LogP contribution is -2.42. The second-order valence-corrected chi connectivity index (χ2v) is 8.02. The van der Waals surface area contributed by atoms with E-state index >= 15 is 0 Å². The first kappa shape index (κ1) is 22.9. The number of morpholine rings is 1. The van der Waals surface area contributed by atoms with E-state index in [0.717, 1.165) is 90.1 Å². The summed E-state index contributed by atoms with van der Waals surface area (Å²) < 4.78 is 43.1. The molecule has 168 valence electrons. The first-order valence-electron chi connectivity index (χ1n) is 10.8. The summed E-state index contributed by atoms with van der Waals surface area (Å²) in [4.78, 5) is 16.2. The lowest BCUT2D eigenvalue weighted by atomic mass is 9.92. The van der Waals surface area contributed by atoms with Crippen molar-refractivity contribution >= 4 is 6.09 Å². The number of nitrogens with zero attached hydrogens (tertiary/aromatic N) is 2. The third-order valence-corrected chi connectivity index (χ3v) is 5.90. The van der Waals surface area contributed by atoms with Gasteiger partial charge in [-0.05, 0) is 57.2 Å². The number of halogens is 2. The molecule has 1 heterocycles. The summed E-state index contributed by atoms with van der Waals surface area (Å²) in [7, 11) is 1.65. The van der Waals surface area contributed by atoms with Crippen LogP contribution < -0.4 is 4.74 Å². The Bertz CT molecular complexity index is 677. The average molecular weight is 427 g/mol. The van der Waals surface area contributed by atoms with Gasteiger partial charge in [-0.25, -0.2) is 13.6 Å². The predicted molar refractivity (Wildman–Crippen MR) is 109 cm³/mol. The number of carbonyl (C=O) groups is 1. The third-order valence-electron chi connectivity index (χ3n) is 5.90. The molecular formula is C22H32F2N2O4. The lowest BCUT2D eigenvalue weighted by molar-refractivity contribution is 0.00726. The minimum atomic E-state index is -0.887. The van der Waals surface area contributed by atoms with Crippen LogP contribution in [0.1, 0.15) is 38.5 Å². The van der Waals surface area contributed by atoms with Gasteiger partial charge in [0.15, 0.2) is 11.6 Å². The largest absolute Gasteiger partial charge is 0.415 e. The van der Waals surface area contributed by atoms with Crippen molar-refractivity contribution in [2.24, 2.45) is 0 Å².